The van der Waals surface area contributed by atoms with Gasteiger partial charge >= 0.3 is 0 Å². The molecule has 1 heterocycles. The van der Waals surface area contributed by atoms with Gasteiger partial charge in [0.05, 0.1) is 0 Å². The highest BCUT2D eigenvalue weighted by atomic mass is 16.6. The first-order valence-electron chi connectivity index (χ1n) is 5.87. The Morgan fingerprint density at radius 1 is 1.25 bits per heavy atom. The second-order valence-electron chi connectivity index (χ2n) is 4.31. The lowest BCUT2D eigenvalue weighted by molar-refractivity contribution is 0.171. The molecule has 2 N–H and O–H groups in total. The number of ether oxygens (including phenoxy) is 2. The molecule has 1 aromatic carbocycles. The van der Waals surface area contributed by atoms with Crippen molar-refractivity contribution in [1.82, 2.24) is 0 Å². The van der Waals surface area contributed by atoms with E-state index < -0.39 is 0 Å². The fourth-order valence-electron chi connectivity index (χ4n) is 1.85. The van der Waals surface area contributed by atoms with Gasteiger partial charge in [0.1, 0.15) is 13.2 Å². The molecule has 0 saturated carbocycles. The van der Waals surface area contributed by atoms with Crippen LogP contribution in [0.4, 0.5) is 0 Å². The van der Waals surface area contributed by atoms with Crippen LogP contribution in [-0.2, 0) is 0 Å². The average Bonchev–Trinajstić information content (AvgIpc) is 2.36. The van der Waals surface area contributed by atoms with Crippen LogP contribution in [0.25, 0.3) is 0 Å². The van der Waals surface area contributed by atoms with Crippen LogP contribution in [0.5, 0.6) is 11.5 Å². The van der Waals surface area contributed by atoms with Gasteiger partial charge in [-0.1, -0.05) is 26.3 Å². The minimum absolute atomic E-state index is 0.0702. The van der Waals surface area contributed by atoms with Gasteiger partial charge in [0.15, 0.2) is 11.5 Å². The molecule has 3 heteroatoms. The molecule has 0 bridgehead atoms. The van der Waals surface area contributed by atoms with Gasteiger partial charge in [0.2, 0.25) is 0 Å². The van der Waals surface area contributed by atoms with E-state index in [4.69, 9.17) is 15.2 Å². The summed E-state index contributed by atoms with van der Waals surface area (Å²) in [6.45, 7) is 5.57. The molecule has 1 aliphatic heterocycles. The van der Waals surface area contributed by atoms with Gasteiger partial charge in [-0.25, -0.2) is 0 Å². The molecule has 2 rings (SSSR count). The lowest BCUT2D eigenvalue weighted by atomic mass is 9.93. The molecular weight excluding hydrogens is 202 g/mol. The van der Waals surface area contributed by atoms with Crippen molar-refractivity contribution >= 4 is 0 Å². The van der Waals surface area contributed by atoms with Crippen LogP contribution in [-0.4, -0.2) is 13.2 Å². The first-order valence-corrected chi connectivity index (χ1v) is 5.87. The Morgan fingerprint density at radius 3 is 2.62 bits per heavy atom. The van der Waals surface area contributed by atoms with E-state index in [2.05, 4.69) is 13.8 Å². The van der Waals surface area contributed by atoms with E-state index in [1.165, 1.54) is 0 Å². The third-order valence-corrected chi connectivity index (χ3v) is 3.21. The Morgan fingerprint density at radius 2 is 1.94 bits per heavy atom. The standard InChI is InChI=1S/C13H19NO2/c1-3-9(2)13(14)10-4-5-11-12(8-10)16-7-6-15-11/h4-5,8-9,13H,3,6-7,14H2,1-2H3/t9?,13-/m1/s1. The van der Waals surface area contributed by atoms with Crippen LogP contribution < -0.4 is 15.2 Å². The third-order valence-electron chi connectivity index (χ3n) is 3.21. The molecule has 0 aliphatic carbocycles. The zero-order chi connectivity index (χ0) is 11.5. The molecule has 2 atom stereocenters. The lowest BCUT2D eigenvalue weighted by Crippen LogP contribution is -2.20. The minimum atomic E-state index is 0.0702. The van der Waals surface area contributed by atoms with Crippen molar-refractivity contribution < 1.29 is 9.47 Å². The fraction of sp³-hybridized carbons (Fsp3) is 0.538. The van der Waals surface area contributed by atoms with E-state index in [1.807, 2.05) is 18.2 Å². The van der Waals surface area contributed by atoms with E-state index >= 15 is 0 Å². The summed E-state index contributed by atoms with van der Waals surface area (Å²) in [4.78, 5) is 0. The minimum Gasteiger partial charge on any atom is -0.486 e. The monoisotopic (exact) mass is 221 g/mol. The predicted molar refractivity (Wildman–Crippen MR) is 63.8 cm³/mol. The Kier molecular flexibility index (Phi) is 3.34. The summed E-state index contributed by atoms with van der Waals surface area (Å²) in [6, 6.07) is 6.06. The predicted octanol–water partition coefficient (Wildman–Crippen LogP) is 2.50. The smallest absolute Gasteiger partial charge is 0.161 e. The molecule has 1 aromatic rings. The number of rotatable bonds is 3. The topological polar surface area (TPSA) is 44.5 Å². The van der Waals surface area contributed by atoms with Gasteiger partial charge in [-0.15, -0.1) is 0 Å². The van der Waals surface area contributed by atoms with Gasteiger partial charge < -0.3 is 15.2 Å². The third kappa shape index (κ3) is 2.14. The molecule has 88 valence electrons. The Labute approximate surface area is 96.5 Å². The van der Waals surface area contributed by atoms with Gasteiger partial charge in [0, 0.05) is 6.04 Å². The molecule has 0 saturated heterocycles. The first-order chi connectivity index (χ1) is 7.72. The Bertz CT molecular complexity index is 365. The Balaban J connectivity index is 2.22. The molecule has 3 nitrogen and oxygen atoms in total. The maximum absolute atomic E-state index is 6.19. The zero-order valence-electron chi connectivity index (χ0n) is 9.90. The zero-order valence-corrected chi connectivity index (χ0v) is 9.90. The van der Waals surface area contributed by atoms with Gasteiger partial charge in [0.25, 0.3) is 0 Å². The average molecular weight is 221 g/mol. The summed E-state index contributed by atoms with van der Waals surface area (Å²) in [5, 5.41) is 0. The van der Waals surface area contributed by atoms with Crippen molar-refractivity contribution in [3.8, 4) is 11.5 Å². The van der Waals surface area contributed by atoms with Crippen LogP contribution in [0.3, 0.4) is 0 Å². The molecule has 0 amide bonds. The van der Waals surface area contributed by atoms with Crippen LogP contribution in [0.1, 0.15) is 31.9 Å². The Hall–Kier alpha value is -1.22. The summed E-state index contributed by atoms with van der Waals surface area (Å²) in [5.41, 5.74) is 7.31. The van der Waals surface area contributed by atoms with E-state index in [9.17, 15) is 0 Å². The van der Waals surface area contributed by atoms with Crippen LogP contribution >= 0.6 is 0 Å². The summed E-state index contributed by atoms with van der Waals surface area (Å²) < 4.78 is 11.0. The van der Waals surface area contributed by atoms with E-state index in [-0.39, 0.29) is 6.04 Å². The van der Waals surface area contributed by atoms with Gasteiger partial charge in [-0.05, 0) is 23.6 Å². The highest BCUT2D eigenvalue weighted by Crippen LogP contribution is 2.33. The first kappa shape index (κ1) is 11.3. The largest absolute Gasteiger partial charge is 0.486 e. The quantitative estimate of drug-likeness (QED) is 0.853. The van der Waals surface area contributed by atoms with Crippen molar-refractivity contribution in [2.45, 2.75) is 26.3 Å². The second-order valence-corrected chi connectivity index (χ2v) is 4.31. The lowest BCUT2D eigenvalue weighted by Gasteiger charge is -2.22. The summed E-state index contributed by atoms with van der Waals surface area (Å²) >= 11 is 0. The molecule has 16 heavy (non-hydrogen) atoms. The maximum atomic E-state index is 6.19. The number of benzene rings is 1. The molecule has 1 unspecified atom stereocenters. The van der Waals surface area contributed by atoms with Crippen molar-refractivity contribution in [3.63, 3.8) is 0 Å². The fourth-order valence-corrected chi connectivity index (χ4v) is 1.85. The second kappa shape index (κ2) is 4.74. The molecule has 0 aromatic heterocycles. The highest BCUT2D eigenvalue weighted by molar-refractivity contribution is 5.44. The van der Waals surface area contributed by atoms with Crippen molar-refractivity contribution in [1.29, 1.82) is 0 Å². The number of fused-ring (bicyclic) bond motifs is 1. The van der Waals surface area contributed by atoms with Crippen LogP contribution in [0, 0.1) is 5.92 Å². The van der Waals surface area contributed by atoms with Gasteiger partial charge in [-0.3, -0.25) is 0 Å². The van der Waals surface area contributed by atoms with Crippen LogP contribution in [0.2, 0.25) is 0 Å². The van der Waals surface area contributed by atoms with E-state index in [0.29, 0.717) is 19.1 Å². The maximum Gasteiger partial charge on any atom is 0.161 e. The summed E-state index contributed by atoms with van der Waals surface area (Å²) in [5.74, 6) is 2.12. The SMILES string of the molecule is CCC(C)[C@@H](N)c1ccc2c(c1)OCCO2. The number of nitrogens with two attached hydrogens (primary N) is 1. The molecule has 0 spiro atoms. The molecule has 0 fully saturated rings. The van der Waals surface area contributed by atoms with Crippen molar-refractivity contribution in [2.75, 3.05) is 13.2 Å². The van der Waals surface area contributed by atoms with E-state index in [1.54, 1.807) is 0 Å². The number of hydrogen-bond acceptors (Lipinski definition) is 3. The van der Waals surface area contributed by atoms with Crippen LogP contribution in [0.15, 0.2) is 18.2 Å². The molecule has 0 radical (unpaired) electrons. The highest BCUT2D eigenvalue weighted by Gasteiger charge is 2.17. The molecule has 1 aliphatic rings. The number of hydrogen-bond donors (Lipinski definition) is 1. The normalized spacial score (nSPS) is 17.9. The molecular formula is C13H19NO2. The van der Waals surface area contributed by atoms with Crippen molar-refractivity contribution in [3.05, 3.63) is 23.8 Å². The van der Waals surface area contributed by atoms with E-state index in [0.717, 1.165) is 23.5 Å². The van der Waals surface area contributed by atoms with Crippen molar-refractivity contribution in [2.24, 2.45) is 11.7 Å². The summed E-state index contributed by atoms with van der Waals surface area (Å²) in [6.07, 6.45) is 1.08. The van der Waals surface area contributed by atoms with Gasteiger partial charge in [-0.2, -0.15) is 0 Å². The summed E-state index contributed by atoms with van der Waals surface area (Å²) in [7, 11) is 0.